The first kappa shape index (κ1) is 11.4. The first-order valence-electron chi connectivity index (χ1n) is 6.27. The highest BCUT2D eigenvalue weighted by molar-refractivity contribution is 7.09. The molecular formula is C11H19N5S. The van der Waals surface area contributed by atoms with Gasteiger partial charge in [0.1, 0.15) is 5.82 Å². The second kappa shape index (κ2) is 4.51. The Labute approximate surface area is 106 Å². The van der Waals surface area contributed by atoms with E-state index in [1.807, 2.05) is 0 Å². The minimum atomic E-state index is 0.383. The lowest BCUT2D eigenvalue weighted by Gasteiger charge is -2.39. The van der Waals surface area contributed by atoms with Crippen molar-refractivity contribution in [3.8, 4) is 0 Å². The third-order valence-electron chi connectivity index (χ3n) is 3.58. The maximum Gasteiger partial charge on any atom is 0.205 e. The molecule has 6 heteroatoms. The zero-order chi connectivity index (χ0) is 11.8. The van der Waals surface area contributed by atoms with Crippen LogP contribution in [0.25, 0.3) is 0 Å². The average molecular weight is 253 g/mol. The topological polar surface area (TPSA) is 58.3 Å². The molecule has 0 spiro atoms. The maximum atomic E-state index is 5.86. The SMILES string of the molecule is CN1CCN(c2nc(C3CC3)ns2)C(CN)C1. The highest BCUT2D eigenvalue weighted by Gasteiger charge is 2.31. The van der Waals surface area contributed by atoms with Crippen molar-refractivity contribution in [2.24, 2.45) is 5.73 Å². The minimum Gasteiger partial charge on any atom is -0.340 e. The molecule has 5 nitrogen and oxygen atoms in total. The zero-order valence-electron chi connectivity index (χ0n) is 10.2. The predicted octanol–water partition coefficient (Wildman–Crippen LogP) is 0.495. The van der Waals surface area contributed by atoms with Gasteiger partial charge in [0, 0.05) is 43.6 Å². The monoisotopic (exact) mass is 253 g/mol. The summed E-state index contributed by atoms with van der Waals surface area (Å²) in [6, 6.07) is 0.383. The Hall–Kier alpha value is -0.720. The first-order chi connectivity index (χ1) is 8.28. The van der Waals surface area contributed by atoms with Gasteiger partial charge in [0.05, 0.1) is 6.04 Å². The average Bonchev–Trinajstić information content (AvgIpc) is 3.08. The summed E-state index contributed by atoms with van der Waals surface area (Å²) in [4.78, 5) is 9.35. The fourth-order valence-electron chi connectivity index (χ4n) is 2.31. The molecule has 3 rings (SSSR count). The van der Waals surface area contributed by atoms with E-state index in [1.54, 1.807) is 0 Å². The normalized spacial score (nSPS) is 26.5. The van der Waals surface area contributed by atoms with Gasteiger partial charge in [-0.25, -0.2) is 4.98 Å². The Morgan fingerprint density at radius 3 is 2.94 bits per heavy atom. The Kier molecular flexibility index (Phi) is 3.02. The molecule has 1 unspecified atom stereocenters. The Balaban J connectivity index is 1.76. The molecule has 0 radical (unpaired) electrons. The number of nitrogens with zero attached hydrogens (tertiary/aromatic N) is 4. The molecule has 0 amide bonds. The van der Waals surface area contributed by atoms with E-state index in [9.17, 15) is 0 Å². The summed E-state index contributed by atoms with van der Waals surface area (Å²) in [5, 5.41) is 1.07. The number of piperazine rings is 1. The van der Waals surface area contributed by atoms with Gasteiger partial charge in [-0.05, 0) is 19.9 Å². The van der Waals surface area contributed by atoms with Crippen LogP contribution in [0.2, 0.25) is 0 Å². The second-order valence-corrected chi connectivity index (χ2v) is 5.78. The lowest BCUT2D eigenvalue weighted by atomic mass is 10.2. The number of nitrogens with two attached hydrogens (primary N) is 1. The van der Waals surface area contributed by atoms with Gasteiger partial charge in [-0.1, -0.05) is 0 Å². The molecule has 1 aromatic rings. The van der Waals surface area contributed by atoms with Crippen LogP contribution in [-0.4, -0.2) is 53.5 Å². The molecule has 1 saturated carbocycles. The summed E-state index contributed by atoms with van der Waals surface area (Å²) in [6.45, 7) is 3.80. The number of aromatic nitrogens is 2. The van der Waals surface area contributed by atoms with Gasteiger partial charge >= 0.3 is 0 Å². The van der Waals surface area contributed by atoms with Crippen LogP contribution in [0, 0.1) is 0 Å². The van der Waals surface area contributed by atoms with E-state index in [1.165, 1.54) is 24.4 Å². The summed E-state index contributed by atoms with van der Waals surface area (Å²) < 4.78 is 4.48. The van der Waals surface area contributed by atoms with Gasteiger partial charge in [0.2, 0.25) is 5.13 Å². The van der Waals surface area contributed by atoms with Gasteiger partial charge in [-0.15, -0.1) is 0 Å². The number of hydrogen-bond acceptors (Lipinski definition) is 6. The molecular weight excluding hydrogens is 234 g/mol. The fraction of sp³-hybridized carbons (Fsp3) is 0.818. The van der Waals surface area contributed by atoms with E-state index in [2.05, 4.69) is 26.2 Å². The van der Waals surface area contributed by atoms with Crippen molar-refractivity contribution in [3.05, 3.63) is 5.82 Å². The summed E-state index contributed by atoms with van der Waals surface area (Å²) in [5.41, 5.74) is 5.86. The Bertz CT molecular complexity index is 389. The van der Waals surface area contributed by atoms with Crippen LogP contribution in [0.15, 0.2) is 0 Å². The van der Waals surface area contributed by atoms with Crippen LogP contribution in [0.3, 0.4) is 0 Å². The molecule has 1 atom stereocenters. The van der Waals surface area contributed by atoms with Gasteiger partial charge in [0.15, 0.2) is 0 Å². The smallest absolute Gasteiger partial charge is 0.205 e. The van der Waals surface area contributed by atoms with Crippen molar-refractivity contribution in [2.75, 3.05) is 38.1 Å². The van der Waals surface area contributed by atoms with Crippen LogP contribution in [0.5, 0.6) is 0 Å². The lowest BCUT2D eigenvalue weighted by Crippen LogP contribution is -2.55. The van der Waals surface area contributed by atoms with Crippen LogP contribution in [0.4, 0.5) is 5.13 Å². The van der Waals surface area contributed by atoms with Crippen molar-refractivity contribution in [3.63, 3.8) is 0 Å². The Morgan fingerprint density at radius 1 is 1.41 bits per heavy atom. The largest absolute Gasteiger partial charge is 0.340 e. The first-order valence-corrected chi connectivity index (χ1v) is 7.04. The quantitative estimate of drug-likeness (QED) is 0.850. The highest BCUT2D eigenvalue weighted by Crippen LogP contribution is 2.40. The van der Waals surface area contributed by atoms with E-state index in [0.717, 1.165) is 30.6 Å². The standard InChI is InChI=1S/C11H19N5S/c1-15-4-5-16(9(6-12)7-15)11-13-10(14-17-11)8-2-3-8/h8-9H,2-7,12H2,1H3. The second-order valence-electron chi connectivity index (χ2n) is 5.05. The molecule has 2 fully saturated rings. The number of hydrogen-bond donors (Lipinski definition) is 1. The maximum absolute atomic E-state index is 5.86. The molecule has 1 aliphatic heterocycles. The van der Waals surface area contributed by atoms with Crippen molar-refractivity contribution in [1.29, 1.82) is 0 Å². The summed E-state index contributed by atoms with van der Waals surface area (Å²) in [6.07, 6.45) is 2.53. The molecule has 2 N–H and O–H groups in total. The van der Waals surface area contributed by atoms with Crippen LogP contribution in [0.1, 0.15) is 24.6 Å². The van der Waals surface area contributed by atoms with Crippen molar-refractivity contribution in [1.82, 2.24) is 14.3 Å². The molecule has 1 saturated heterocycles. The summed E-state index contributed by atoms with van der Waals surface area (Å²) in [7, 11) is 2.15. The van der Waals surface area contributed by atoms with Crippen molar-refractivity contribution < 1.29 is 0 Å². The summed E-state index contributed by atoms with van der Waals surface area (Å²) >= 11 is 1.54. The van der Waals surface area contributed by atoms with Gasteiger partial charge in [0.25, 0.3) is 0 Å². The van der Waals surface area contributed by atoms with Crippen LogP contribution >= 0.6 is 11.5 Å². The zero-order valence-corrected chi connectivity index (χ0v) is 11.0. The van der Waals surface area contributed by atoms with Crippen LogP contribution in [-0.2, 0) is 0 Å². The number of rotatable bonds is 3. The third-order valence-corrected chi connectivity index (χ3v) is 4.34. The molecule has 0 aromatic carbocycles. The molecule has 2 heterocycles. The fourth-order valence-corrected chi connectivity index (χ4v) is 3.16. The lowest BCUT2D eigenvalue weighted by molar-refractivity contribution is 0.269. The van der Waals surface area contributed by atoms with Crippen molar-refractivity contribution in [2.45, 2.75) is 24.8 Å². The van der Waals surface area contributed by atoms with E-state index >= 15 is 0 Å². The molecule has 17 heavy (non-hydrogen) atoms. The van der Waals surface area contributed by atoms with Gasteiger partial charge in [-0.2, -0.15) is 4.37 Å². The van der Waals surface area contributed by atoms with Gasteiger partial charge in [-0.3, -0.25) is 0 Å². The third kappa shape index (κ3) is 2.29. The predicted molar refractivity (Wildman–Crippen MR) is 69.6 cm³/mol. The molecule has 1 aromatic heterocycles. The molecule has 1 aliphatic carbocycles. The van der Waals surface area contributed by atoms with Gasteiger partial charge < -0.3 is 15.5 Å². The minimum absolute atomic E-state index is 0.383. The Morgan fingerprint density at radius 2 is 2.24 bits per heavy atom. The number of likely N-dealkylation sites (N-methyl/N-ethyl adjacent to an activating group) is 1. The number of anilines is 1. The molecule has 94 valence electrons. The van der Waals surface area contributed by atoms with E-state index in [0.29, 0.717) is 18.5 Å². The van der Waals surface area contributed by atoms with Crippen molar-refractivity contribution >= 4 is 16.7 Å². The van der Waals surface area contributed by atoms with E-state index in [-0.39, 0.29) is 0 Å². The van der Waals surface area contributed by atoms with E-state index in [4.69, 9.17) is 5.73 Å². The highest BCUT2D eigenvalue weighted by atomic mass is 32.1. The summed E-state index contributed by atoms with van der Waals surface area (Å²) in [5.74, 6) is 1.70. The van der Waals surface area contributed by atoms with Crippen LogP contribution < -0.4 is 10.6 Å². The molecule has 0 bridgehead atoms. The molecule has 2 aliphatic rings. The van der Waals surface area contributed by atoms with E-state index < -0.39 is 0 Å².